The predicted molar refractivity (Wildman–Crippen MR) is 83.4 cm³/mol. The van der Waals surface area contributed by atoms with E-state index in [1.807, 2.05) is 6.92 Å². The van der Waals surface area contributed by atoms with Crippen molar-refractivity contribution in [3.63, 3.8) is 0 Å². The summed E-state index contributed by atoms with van der Waals surface area (Å²) in [6.07, 6.45) is 2.25. The summed E-state index contributed by atoms with van der Waals surface area (Å²) in [6.45, 7) is 8.54. The lowest BCUT2D eigenvalue weighted by Gasteiger charge is -2.19. The summed E-state index contributed by atoms with van der Waals surface area (Å²) in [7, 11) is -3.36. The van der Waals surface area contributed by atoms with Crippen molar-refractivity contribution < 1.29 is 8.42 Å². The quantitative estimate of drug-likeness (QED) is 0.775. The van der Waals surface area contributed by atoms with Crippen LogP contribution in [-0.4, -0.2) is 21.5 Å². The lowest BCUT2D eigenvalue weighted by molar-refractivity contribution is 0.357. The molecule has 1 aromatic rings. The molecule has 1 aliphatic rings. The minimum atomic E-state index is -3.36. The fourth-order valence-corrected chi connectivity index (χ4v) is 4.67. The van der Waals surface area contributed by atoms with Crippen molar-refractivity contribution in [2.45, 2.75) is 45.1 Å². The summed E-state index contributed by atoms with van der Waals surface area (Å²) in [5.74, 6) is 0.525. The normalized spacial score (nSPS) is 17.6. The van der Waals surface area contributed by atoms with E-state index < -0.39 is 10.0 Å². The lowest BCUT2D eigenvalue weighted by atomic mass is 9.93. The van der Waals surface area contributed by atoms with Crippen LogP contribution in [-0.2, 0) is 16.6 Å². The van der Waals surface area contributed by atoms with Crippen LogP contribution in [0.25, 0.3) is 0 Å². The topological polar surface area (TPSA) is 58.2 Å². The van der Waals surface area contributed by atoms with Crippen LogP contribution >= 0.6 is 11.3 Å². The molecule has 0 bridgehead atoms. The van der Waals surface area contributed by atoms with Gasteiger partial charge in [0.05, 0.1) is 4.90 Å². The van der Waals surface area contributed by atoms with E-state index in [9.17, 15) is 8.42 Å². The summed E-state index contributed by atoms with van der Waals surface area (Å²) >= 11 is 1.49. The third-order valence-corrected chi connectivity index (χ3v) is 6.69. The Morgan fingerprint density at radius 3 is 2.65 bits per heavy atom. The number of thiophene rings is 1. The highest BCUT2D eigenvalue weighted by molar-refractivity contribution is 7.89. The molecular weight excluding hydrogens is 292 g/mol. The van der Waals surface area contributed by atoms with E-state index >= 15 is 0 Å². The summed E-state index contributed by atoms with van der Waals surface area (Å²) in [6, 6.07) is 1.77. The van der Waals surface area contributed by atoms with Gasteiger partial charge in [0.15, 0.2) is 0 Å². The second-order valence-corrected chi connectivity index (χ2v) is 8.63. The fraction of sp³-hybridized carbons (Fsp3) is 0.714. The van der Waals surface area contributed by atoms with Gasteiger partial charge in [-0.1, -0.05) is 20.8 Å². The van der Waals surface area contributed by atoms with Gasteiger partial charge in [0.1, 0.15) is 0 Å². The van der Waals surface area contributed by atoms with Crippen molar-refractivity contribution in [2.75, 3.05) is 13.1 Å². The van der Waals surface area contributed by atoms with Crippen molar-refractivity contribution in [1.29, 1.82) is 0 Å². The van der Waals surface area contributed by atoms with Gasteiger partial charge in [-0.3, -0.25) is 0 Å². The number of rotatable bonds is 8. The molecule has 1 aromatic heterocycles. The second-order valence-electron chi connectivity index (χ2n) is 5.87. The molecule has 2 N–H and O–H groups in total. The summed E-state index contributed by atoms with van der Waals surface area (Å²) in [5.41, 5.74) is 0.190. The summed E-state index contributed by atoms with van der Waals surface area (Å²) in [5, 5.41) is 4.93. The number of hydrogen-bond donors (Lipinski definition) is 2. The molecule has 1 aliphatic carbocycles. The number of hydrogen-bond acceptors (Lipinski definition) is 4. The molecule has 0 atom stereocenters. The Kier molecular flexibility index (Phi) is 4.89. The van der Waals surface area contributed by atoms with Crippen molar-refractivity contribution in [3.05, 3.63) is 16.3 Å². The molecule has 0 saturated heterocycles. The maximum Gasteiger partial charge on any atom is 0.241 e. The monoisotopic (exact) mass is 316 g/mol. The molecule has 0 aromatic carbocycles. The fourth-order valence-electron chi connectivity index (χ4n) is 2.28. The molecular formula is C14H24N2O2S2. The smallest absolute Gasteiger partial charge is 0.241 e. The Balaban J connectivity index is 1.98. The van der Waals surface area contributed by atoms with Crippen LogP contribution in [0.5, 0.6) is 0 Å². The molecule has 1 heterocycles. The third kappa shape index (κ3) is 3.61. The second kappa shape index (κ2) is 6.13. The molecule has 0 unspecified atom stereocenters. The average molecular weight is 316 g/mol. The first-order chi connectivity index (χ1) is 9.39. The molecule has 0 amide bonds. The van der Waals surface area contributed by atoms with Gasteiger partial charge in [0.2, 0.25) is 10.0 Å². The highest BCUT2D eigenvalue weighted by Gasteiger charge is 2.45. The Labute approximate surface area is 126 Å². The molecule has 4 nitrogen and oxygen atoms in total. The van der Waals surface area contributed by atoms with E-state index in [0.717, 1.165) is 30.8 Å². The van der Waals surface area contributed by atoms with Crippen LogP contribution in [0.1, 0.15) is 38.5 Å². The van der Waals surface area contributed by atoms with Crippen molar-refractivity contribution in [3.8, 4) is 0 Å². The van der Waals surface area contributed by atoms with Gasteiger partial charge in [-0.15, -0.1) is 11.3 Å². The van der Waals surface area contributed by atoms with Gasteiger partial charge < -0.3 is 5.32 Å². The Hall–Kier alpha value is -0.430. The van der Waals surface area contributed by atoms with E-state index in [1.54, 1.807) is 11.4 Å². The zero-order chi connectivity index (χ0) is 14.8. The van der Waals surface area contributed by atoms with Gasteiger partial charge in [-0.2, -0.15) is 0 Å². The van der Waals surface area contributed by atoms with Gasteiger partial charge >= 0.3 is 0 Å². The van der Waals surface area contributed by atoms with E-state index in [1.165, 1.54) is 11.3 Å². The Morgan fingerprint density at radius 2 is 2.10 bits per heavy atom. The van der Waals surface area contributed by atoms with Crippen LogP contribution in [0.3, 0.4) is 0 Å². The molecule has 2 rings (SSSR count). The first-order valence-electron chi connectivity index (χ1n) is 7.17. The van der Waals surface area contributed by atoms with Crippen LogP contribution in [0.4, 0.5) is 0 Å². The molecule has 0 spiro atoms. The zero-order valence-corrected chi connectivity index (χ0v) is 14.0. The van der Waals surface area contributed by atoms with Crippen molar-refractivity contribution in [2.24, 2.45) is 11.3 Å². The van der Waals surface area contributed by atoms with E-state index in [0.29, 0.717) is 17.4 Å². The minimum Gasteiger partial charge on any atom is -0.312 e. The highest BCUT2D eigenvalue weighted by atomic mass is 32.2. The van der Waals surface area contributed by atoms with E-state index in [-0.39, 0.29) is 5.41 Å². The highest BCUT2D eigenvalue weighted by Crippen LogP contribution is 2.51. The summed E-state index contributed by atoms with van der Waals surface area (Å²) < 4.78 is 27.4. The molecule has 20 heavy (non-hydrogen) atoms. The molecule has 114 valence electrons. The van der Waals surface area contributed by atoms with Crippen molar-refractivity contribution >= 4 is 21.4 Å². The molecule has 0 radical (unpaired) electrons. The summed E-state index contributed by atoms with van der Waals surface area (Å²) in [4.78, 5) is 1.45. The SMILES string of the molecule is CCNCc1cc(S(=O)(=O)NCC2(C(C)C)CC2)cs1. The zero-order valence-electron chi connectivity index (χ0n) is 12.4. The maximum atomic E-state index is 12.3. The Bertz CT molecular complexity index is 545. The minimum absolute atomic E-state index is 0.190. The Morgan fingerprint density at radius 1 is 1.40 bits per heavy atom. The van der Waals surface area contributed by atoms with Crippen LogP contribution in [0.15, 0.2) is 16.3 Å². The average Bonchev–Trinajstić information content (AvgIpc) is 3.05. The van der Waals surface area contributed by atoms with Crippen LogP contribution < -0.4 is 10.0 Å². The van der Waals surface area contributed by atoms with Gasteiger partial charge in [0, 0.05) is 23.3 Å². The largest absolute Gasteiger partial charge is 0.312 e. The van der Waals surface area contributed by atoms with E-state index in [2.05, 4.69) is 23.9 Å². The lowest BCUT2D eigenvalue weighted by Crippen LogP contribution is -2.32. The molecule has 0 aliphatic heterocycles. The predicted octanol–water partition coefficient (Wildman–Crippen LogP) is 2.57. The third-order valence-electron chi connectivity index (χ3n) is 4.22. The molecule has 1 saturated carbocycles. The maximum absolute atomic E-state index is 12.3. The van der Waals surface area contributed by atoms with Crippen LogP contribution in [0.2, 0.25) is 0 Å². The molecule has 6 heteroatoms. The van der Waals surface area contributed by atoms with E-state index in [4.69, 9.17) is 0 Å². The first kappa shape index (κ1) is 15.9. The number of nitrogens with one attached hydrogen (secondary N) is 2. The van der Waals surface area contributed by atoms with Gasteiger partial charge in [-0.25, -0.2) is 13.1 Å². The molecule has 1 fully saturated rings. The van der Waals surface area contributed by atoms with Gasteiger partial charge in [0.25, 0.3) is 0 Å². The van der Waals surface area contributed by atoms with Crippen LogP contribution in [0, 0.1) is 11.3 Å². The van der Waals surface area contributed by atoms with Crippen molar-refractivity contribution in [1.82, 2.24) is 10.0 Å². The standard InChI is InChI=1S/C14H24N2O2S2/c1-4-15-8-12-7-13(9-19-12)20(17,18)16-10-14(5-6-14)11(2)3/h7,9,11,15-16H,4-6,8,10H2,1-3H3. The number of sulfonamides is 1. The first-order valence-corrected chi connectivity index (χ1v) is 9.54. The van der Waals surface area contributed by atoms with Gasteiger partial charge in [-0.05, 0) is 36.8 Å².